The summed E-state index contributed by atoms with van der Waals surface area (Å²) in [6.07, 6.45) is 1.43. The number of anilines is 2. The van der Waals surface area contributed by atoms with Crippen LogP contribution in [-0.4, -0.2) is 28.0 Å². The Morgan fingerprint density at radius 1 is 1.32 bits per heavy atom. The second kappa shape index (κ2) is 6.71. The predicted octanol–water partition coefficient (Wildman–Crippen LogP) is 0.601. The summed E-state index contributed by atoms with van der Waals surface area (Å²) >= 11 is 0. The van der Waals surface area contributed by atoms with E-state index >= 15 is 0 Å². The van der Waals surface area contributed by atoms with Crippen LogP contribution >= 0.6 is 0 Å². The molecule has 1 aromatic rings. The summed E-state index contributed by atoms with van der Waals surface area (Å²) in [4.78, 5) is 19.2. The van der Waals surface area contributed by atoms with E-state index in [1.807, 2.05) is 12.1 Å². The van der Waals surface area contributed by atoms with E-state index in [0.29, 0.717) is 0 Å². The van der Waals surface area contributed by atoms with Crippen LogP contribution in [0.5, 0.6) is 0 Å². The Kier molecular flexibility index (Phi) is 4.99. The fourth-order valence-electron chi connectivity index (χ4n) is 1.48. The molecule has 0 aliphatic heterocycles. The first-order valence-electron chi connectivity index (χ1n) is 5.35. The van der Waals surface area contributed by atoms with Crippen LogP contribution in [0.1, 0.15) is 12.8 Å². The summed E-state index contributed by atoms with van der Waals surface area (Å²) < 4.78 is 0. The van der Waals surface area contributed by atoms with Gasteiger partial charge < -0.3 is 10.6 Å². The third-order valence-corrected chi connectivity index (χ3v) is 2.30. The average molecular weight is 261 g/mol. The minimum absolute atomic E-state index is 0.0306. The number of nitrogens with zero attached hydrogens (tertiary/aromatic N) is 6. The van der Waals surface area contributed by atoms with Gasteiger partial charge in [0.15, 0.2) is 0 Å². The summed E-state index contributed by atoms with van der Waals surface area (Å²) in [5.74, 6) is -0.211. The monoisotopic (exact) mass is 261 g/mol. The molecule has 0 saturated carbocycles. The van der Waals surface area contributed by atoms with Crippen molar-refractivity contribution in [1.82, 2.24) is 9.97 Å². The lowest BCUT2D eigenvalue weighted by Gasteiger charge is -2.20. The van der Waals surface area contributed by atoms with Crippen molar-refractivity contribution in [2.24, 2.45) is 0 Å². The van der Waals surface area contributed by atoms with Crippen LogP contribution in [0.25, 0.3) is 0 Å². The van der Waals surface area contributed by atoms with Crippen molar-refractivity contribution in [3.8, 4) is 12.1 Å². The highest BCUT2D eigenvalue weighted by Crippen LogP contribution is 2.29. The zero-order valence-corrected chi connectivity index (χ0v) is 9.98. The van der Waals surface area contributed by atoms with Gasteiger partial charge in [-0.2, -0.15) is 10.5 Å². The molecule has 98 valence electrons. The Morgan fingerprint density at radius 3 is 2.37 bits per heavy atom. The van der Waals surface area contributed by atoms with E-state index in [2.05, 4.69) is 9.97 Å². The molecule has 1 rings (SSSR count). The maximum Gasteiger partial charge on any atom is 0.353 e. The molecule has 2 N–H and O–H groups in total. The van der Waals surface area contributed by atoms with Crippen LogP contribution in [0.3, 0.4) is 0 Å². The molecule has 0 amide bonds. The van der Waals surface area contributed by atoms with Gasteiger partial charge in [-0.05, 0) is 0 Å². The molecule has 0 unspecified atom stereocenters. The number of aromatic nitrogens is 2. The molecule has 0 aliphatic carbocycles. The highest BCUT2D eigenvalue weighted by molar-refractivity contribution is 5.68. The summed E-state index contributed by atoms with van der Waals surface area (Å²) in [6, 6.07) is 3.88. The Morgan fingerprint density at radius 2 is 1.89 bits per heavy atom. The lowest BCUT2D eigenvalue weighted by Crippen LogP contribution is -2.27. The largest absolute Gasteiger partial charge is 0.378 e. The van der Waals surface area contributed by atoms with Gasteiger partial charge in [0.05, 0.1) is 29.9 Å². The van der Waals surface area contributed by atoms with E-state index in [1.54, 1.807) is 0 Å². The van der Waals surface area contributed by atoms with E-state index in [-0.39, 0.29) is 37.6 Å². The fraction of sp³-hybridized carbons (Fsp3) is 0.400. The van der Waals surface area contributed by atoms with Crippen LogP contribution in [0, 0.1) is 32.8 Å². The van der Waals surface area contributed by atoms with Crippen molar-refractivity contribution in [3.63, 3.8) is 0 Å². The van der Waals surface area contributed by atoms with Gasteiger partial charge in [-0.15, -0.1) is 0 Å². The van der Waals surface area contributed by atoms with Gasteiger partial charge in [0.1, 0.15) is 6.33 Å². The van der Waals surface area contributed by atoms with Crippen molar-refractivity contribution in [2.75, 3.05) is 23.7 Å². The van der Waals surface area contributed by atoms with E-state index in [9.17, 15) is 10.1 Å². The summed E-state index contributed by atoms with van der Waals surface area (Å²) in [5, 5.41) is 28.2. The van der Waals surface area contributed by atoms with Crippen LogP contribution in [-0.2, 0) is 0 Å². The Labute approximate surface area is 109 Å². The van der Waals surface area contributed by atoms with Gasteiger partial charge in [0, 0.05) is 13.1 Å². The predicted molar refractivity (Wildman–Crippen MR) is 65.8 cm³/mol. The van der Waals surface area contributed by atoms with Crippen molar-refractivity contribution >= 4 is 17.3 Å². The molecule has 0 aliphatic rings. The number of rotatable bonds is 6. The van der Waals surface area contributed by atoms with E-state index < -0.39 is 10.6 Å². The first-order chi connectivity index (χ1) is 9.11. The highest BCUT2D eigenvalue weighted by Gasteiger charge is 2.25. The molecule has 0 saturated heterocycles. The molecule has 1 heterocycles. The van der Waals surface area contributed by atoms with Gasteiger partial charge in [0.2, 0.25) is 11.6 Å². The summed E-state index contributed by atoms with van der Waals surface area (Å²) in [7, 11) is 0. The first kappa shape index (κ1) is 14.1. The van der Waals surface area contributed by atoms with Crippen molar-refractivity contribution in [3.05, 3.63) is 16.4 Å². The van der Waals surface area contributed by atoms with E-state index in [0.717, 1.165) is 6.33 Å². The minimum Gasteiger partial charge on any atom is -0.378 e. The molecule has 0 bridgehead atoms. The van der Waals surface area contributed by atoms with Crippen LogP contribution < -0.4 is 10.6 Å². The van der Waals surface area contributed by atoms with Gasteiger partial charge in [-0.25, -0.2) is 9.97 Å². The van der Waals surface area contributed by atoms with Gasteiger partial charge in [-0.1, -0.05) is 0 Å². The molecule has 9 nitrogen and oxygen atoms in total. The zero-order valence-electron chi connectivity index (χ0n) is 9.98. The first-order valence-corrected chi connectivity index (χ1v) is 5.35. The van der Waals surface area contributed by atoms with Crippen LogP contribution in [0.2, 0.25) is 0 Å². The smallest absolute Gasteiger partial charge is 0.353 e. The number of nitrogens with two attached hydrogens (primary N) is 1. The average Bonchev–Trinajstić information content (AvgIpc) is 2.38. The Hall–Kier alpha value is -2.94. The SMILES string of the molecule is N#CCCN(CCC#N)c1ncnc(N)c1[N+](=O)[O-]. The van der Waals surface area contributed by atoms with Gasteiger partial charge >= 0.3 is 5.69 Å². The molecule has 19 heavy (non-hydrogen) atoms. The third kappa shape index (κ3) is 3.51. The fourth-order valence-corrected chi connectivity index (χ4v) is 1.48. The lowest BCUT2D eigenvalue weighted by atomic mass is 10.3. The number of hydrogen-bond donors (Lipinski definition) is 1. The third-order valence-electron chi connectivity index (χ3n) is 2.30. The maximum absolute atomic E-state index is 11.0. The normalized spacial score (nSPS) is 9.37. The van der Waals surface area contributed by atoms with Crippen molar-refractivity contribution in [1.29, 1.82) is 10.5 Å². The molecule has 9 heteroatoms. The van der Waals surface area contributed by atoms with Crippen LogP contribution in [0.4, 0.5) is 17.3 Å². The minimum atomic E-state index is -0.670. The van der Waals surface area contributed by atoms with Crippen molar-refractivity contribution in [2.45, 2.75) is 12.8 Å². The Bertz CT molecular complexity index is 528. The van der Waals surface area contributed by atoms with Gasteiger partial charge in [0.25, 0.3) is 0 Å². The van der Waals surface area contributed by atoms with Gasteiger partial charge in [-0.3, -0.25) is 10.1 Å². The quantitative estimate of drug-likeness (QED) is 0.578. The highest BCUT2D eigenvalue weighted by atomic mass is 16.6. The van der Waals surface area contributed by atoms with Crippen LogP contribution in [0.15, 0.2) is 6.33 Å². The lowest BCUT2D eigenvalue weighted by molar-refractivity contribution is -0.383. The number of nitrogen functional groups attached to an aromatic ring is 1. The maximum atomic E-state index is 11.0. The molecule has 0 spiro atoms. The molecule has 0 fully saturated rings. The molecule has 0 aromatic carbocycles. The van der Waals surface area contributed by atoms with E-state index in [4.69, 9.17) is 16.3 Å². The van der Waals surface area contributed by atoms with E-state index in [1.165, 1.54) is 4.90 Å². The molecule has 0 radical (unpaired) electrons. The molecular weight excluding hydrogens is 250 g/mol. The summed E-state index contributed by atoms with van der Waals surface area (Å²) in [5.41, 5.74) is 5.06. The van der Waals surface area contributed by atoms with Crippen molar-refractivity contribution < 1.29 is 4.92 Å². The number of nitriles is 2. The second-order valence-electron chi connectivity index (χ2n) is 3.49. The summed E-state index contributed by atoms with van der Waals surface area (Å²) in [6.45, 7) is 0.463. The number of hydrogen-bond acceptors (Lipinski definition) is 8. The number of nitro groups is 1. The second-order valence-corrected chi connectivity index (χ2v) is 3.49. The Balaban J connectivity index is 3.14. The molecule has 0 atom stereocenters. The topological polar surface area (TPSA) is 146 Å². The standard InChI is InChI=1S/C10H11N7O2/c11-3-1-5-16(6-2-4-12)10-8(17(18)19)9(13)14-7-15-10/h7H,1-2,5-6H2,(H2,13,14,15). The zero-order chi connectivity index (χ0) is 14.3. The molecular formula is C10H11N7O2. The molecule has 1 aromatic heterocycles.